The number of carbonyl (C=O) groups excluding carboxylic acids is 2. The molecule has 0 radical (unpaired) electrons. The summed E-state index contributed by atoms with van der Waals surface area (Å²) < 4.78 is 28.0. The second kappa shape index (κ2) is 8.58. The third-order valence-corrected chi connectivity index (χ3v) is 6.91. The molecule has 2 aromatic carbocycles. The molecule has 0 atom stereocenters. The molecule has 168 valence electrons. The first kappa shape index (κ1) is 21.8. The Bertz CT molecular complexity index is 1170. The number of hydrogen-bond donors (Lipinski definition) is 1. The lowest BCUT2D eigenvalue weighted by Crippen LogP contribution is -2.51. The van der Waals surface area contributed by atoms with Crippen LogP contribution in [0.3, 0.4) is 0 Å². The zero-order valence-corrected chi connectivity index (χ0v) is 18.0. The van der Waals surface area contributed by atoms with Crippen molar-refractivity contribution in [1.29, 1.82) is 0 Å². The summed E-state index contributed by atoms with van der Waals surface area (Å²) >= 11 is 0. The second-order valence-electron chi connectivity index (χ2n) is 7.80. The Labute approximate surface area is 185 Å². The number of amides is 2. The van der Waals surface area contributed by atoms with Gasteiger partial charge in [0.1, 0.15) is 0 Å². The molecule has 32 heavy (non-hydrogen) atoms. The Morgan fingerprint density at radius 1 is 0.969 bits per heavy atom. The fourth-order valence-corrected chi connectivity index (χ4v) is 4.73. The number of carbonyl (C=O) groups is 2. The van der Waals surface area contributed by atoms with Crippen LogP contribution in [0.4, 0.5) is 11.4 Å². The highest BCUT2D eigenvalue weighted by Crippen LogP contribution is 2.31. The van der Waals surface area contributed by atoms with E-state index in [9.17, 15) is 28.1 Å². The van der Waals surface area contributed by atoms with Gasteiger partial charge in [0.05, 0.1) is 21.1 Å². The number of non-ortho nitro benzene ring substituents is 1. The molecule has 2 amide bonds. The number of piperazine rings is 1. The molecule has 0 aromatic heterocycles. The molecule has 0 spiro atoms. The van der Waals surface area contributed by atoms with Crippen molar-refractivity contribution in [1.82, 2.24) is 9.80 Å². The van der Waals surface area contributed by atoms with E-state index in [4.69, 9.17) is 0 Å². The molecule has 2 fully saturated rings. The number of rotatable bonds is 6. The summed E-state index contributed by atoms with van der Waals surface area (Å²) in [5, 5.41) is 11.0. The molecule has 1 N–H and O–H groups in total. The summed E-state index contributed by atoms with van der Waals surface area (Å²) in [5.74, 6) is -0.0794. The van der Waals surface area contributed by atoms with Crippen LogP contribution < -0.4 is 4.72 Å². The van der Waals surface area contributed by atoms with Crippen LogP contribution in [0.1, 0.15) is 23.2 Å². The number of benzene rings is 2. The van der Waals surface area contributed by atoms with Gasteiger partial charge in [0.15, 0.2) is 0 Å². The van der Waals surface area contributed by atoms with E-state index in [1.807, 2.05) is 0 Å². The molecular formula is C21H22N4O6S. The predicted octanol–water partition coefficient (Wildman–Crippen LogP) is 2.09. The van der Waals surface area contributed by atoms with Crippen molar-refractivity contribution in [2.75, 3.05) is 30.9 Å². The first-order valence-electron chi connectivity index (χ1n) is 10.2. The smallest absolute Gasteiger partial charge is 0.270 e. The maximum absolute atomic E-state index is 13.1. The summed E-state index contributed by atoms with van der Waals surface area (Å²) in [6.07, 6.45) is 1.85. The van der Waals surface area contributed by atoms with Gasteiger partial charge in [-0.15, -0.1) is 0 Å². The summed E-state index contributed by atoms with van der Waals surface area (Å²) in [6.45, 7) is 1.62. The highest BCUT2D eigenvalue weighted by atomic mass is 32.2. The van der Waals surface area contributed by atoms with Crippen molar-refractivity contribution in [3.05, 3.63) is 64.2 Å². The van der Waals surface area contributed by atoms with Crippen molar-refractivity contribution in [3.63, 3.8) is 0 Å². The van der Waals surface area contributed by atoms with Gasteiger partial charge in [0.2, 0.25) is 5.91 Å². The van der Waals surface area contributed by atoms with Crippen molar-refractivity contribution in [2.24, 2.45) is 5.92 Å². The number of para-hydroxylation sites is 1. The van der Waals surface area contributed by atoms with Gasteiger partial charge in [-0.05, 0) is 31.0 Å². The Balaban J connectivity index is 1.50. The van der Waals surface area contributed by atoms with Crippen LogP contribution in [0.15, 0.2) is 53.4 Å². The minimum absolute atomic E-state index is 0.0838. The van der Waals surface area contributed by atoms with Crippen molar-refractivity contribution in [3.8, 4) is 0 Å². The number of anilines is 1. The van der Waals surface area contributed by atoms with Gasteiger partial charge in [0, 0.05) is 44.2 Å². The zero-order chi connectivity index (χ0) is 22.9. The molecule has 2 aliphatic rings. The number of nitrogens with one attached hydrogen (secondary N) is 1. The molecule has 0 bridgehead atoms. The Morgan fingerprint density at radius 2 is 1.62 bits per heavy atom. The van der Waals surface area contributed by atoms with Gasteiger partial charge < -0.3 is 9.80 Å². The SMILES string of the molecule is O=C(c1ccccc1NS(=O)(=O)c1cccc([N+](=O)[O-])c1)N1CCN(C(=O)C2CC2)CC1. The molecule has 1 saturated heterocycles. The molecule has 0 unspecified atom stereocenters. The summed E-state index contributed by atoms with van der Waals surface area (Å²) in [7, 11) is -4.16. The van der Waals surface area contributed by atoms with Crippen molar-refractivity contribution in [2.45, 2.75) is 17.7 Å². The summed E-state index contributed by atoms with van der Waals surface area (Å²) in [5.41, 5.74) is -0.0974. The van der Waals surface area contributed by atoms with E-state index in [1.54, 1.807) is 21.9 Å². The van der Waals surface area contributed by atoms with Gasteiger partial charge in [-0.1, -0.05) is 18.2 Å². The monoisotopic (exact) mass is 458 g/mol. The minimum Gasteiger partial charge on any atom is -0.339 e. The van der Waals surface area contributed by atoms with Crippen LogP contribution in [0.5, 0.6) is 0 Å². The van der Waals surface area contributed by atoms with Gasteiger partial charge in [-0.2, -0.15) is 0 Å². The fraction of sp³-hybridized carbons (Fsp3) is 0.333. The second-order valence-corrected chi connectivity index (χ2v) is 9.48. The zero-order valence-electron chi connectivity index (χ0n) is 17.1. The number of nitrogens with zero attached hydrogens (tertiary/aromatic N) is 3. The molecule has 4 rings (SSSR count). The van der Waals surface area contributed by atoms with Crippen LogP contribution >= 0.6 is 0 Å². The van der Waals surface area contributed by atoms with Gasteiger partial charge in [-0.3, -0.25) is 24.4 Å². The molecule has 11 heteroatoms. The third kappa shape index (κ3) is 4.57. The lowest BCUT2D eigenvalue weighted by atomic mass is 10.1. The van der Waals surface area contributed by atoms with Crippen molar-refractivity contribution >= 4 is 33.2 Å². The summed E-state index contributed by atoms with van der Waals surface area (Å²) in [6, 6.07) is 10.9. The lowest BCUT2D eigenvalue weighted by Gasteiger charge is -2.35. The number of hydrogen-bond acceptors (Lipinski definition) is 6. The summed E-state index contributed by atoms with van der Waals surface area (Å²) in [4.78, 5) is 38.7. The standard InChI is InChI=1S/C21H22N4O6S/c26-20(15-8-9-15)23-10-12-24(13-11-23)21(27)18-6-1-2-7-19(18)22-32(30,31)17-5-3-4-16(14-17)25(28)29/h1-7,14-15,22H,8-13H2. The molecular weight excluding hydrogens is 436 g/mol. The minimum atomic E-state index is -4.16. The maximum Gasteiger partial charge on any atom is 0.270 e. The average Bonchev–Trinajstić information content (AvgIpc) is 3.64. The predicted molar refractivity (Wildman–Crippen MR) is 116 cm³/mol. The van der Waals surface area contributed by atoms with E-state index in [-0.39, 0.29) is 39.6 Å². The van der Waals surface area contributed by atoms with E-state index in [0.29, 0.717) is 26.2 Å². The molecule has 10 nitrogen and oxygen atoms in total. The first-order valence-corrected chi connectivity index (χ1v) is 11.7. The maximum atomic E-state index is 13.1. The Hall–Kier alpha value is -3.47. The average molecular weight is 458 g/mol. The van der Waals surface area contributed by atoms with E-state index < -0.39 is 14.9 Å². The normalized spacial score (nSPS) is 16.5. The van der Waals surface area contributed by atoms with Gasteiger partial charge in [-0.25, -0.2) is 8.42 Å². The van der Waals surface area contributed by atoms with Crippen LogP contribution in [-0.2, 0) is 14.8 Å². The van der Waals surface area contributed by atoms with Crippen LogP contribution in [0, 0.1) is 16.0 Å². The molecule has 1 aliphatic heterocycles. The van der Waals surface area contributed by atoms with E-state index in [2.05, 4.69) is 4.72 Å². The first-order chi connectivity index (χ1) is 15.3. The molecule has 1 saturated carbocycles. The van der Waals surface area contributed by atoms with Crippen LogP contribution in [0.2, 0.25) is 0 Å². The number of nitro benzene ring substituents is 1. The van der Waals surface area contributed by atoms with Crippen LogP contribution in [0.25, 0.3) is 0 Å². The van der Waals surface area contributed by atoms with E-state index >= 15 is 0 Å². The van der Waals surface area contributed by atoms with Gasteiger partial charge >= 0.3 is 0 Å². The topological polar surface area (TPSA) is 130 Å². The molecule has 1 heterocycles. The lowest BCUT2D eigenvalue weighted by molar-refractivity contribution is -0.385. The van der Waals surface area contributed by atoms with Crippen LogP contribution in [-0.4, -0.2) is 61.1 Å². The quantitative estimate of drug-likeness (QED) is 0.521. The van der Waals surface area contributed by atoms with Crippen molar-refractivity contribution < 1.29 is 22.9 Å². The Morgan fingerprint density at radius 3 is 2.28 bits per heavy atom. The Kier molecular flexibility index (Phi) is 5.83. The van der Waals surface area contributed by atoms with E-state index in [0.717, 1.165) is 18.9 Å². The highest BCUT2D eigenvalue weighted by molar-refractivity contribution is 7.92. The van der Waals surface area contributed by atoms with Gasteiger partial charge in [0.25, 0.3) is 21.6 Å². The third-order valence-electron chi connectivity index (χ3n) is 5.55. The molecule has 1 aliphatic carbocycles. The van der Waals surface area contributed by atoms with E-state index in [1.165, 1.54) is 30.3 Å². The number of sulfonamides is 1. The fourth-order valence-electron chi connectivity index (χ4n) is 3.62. The highest BCUT2D eigenvalue weighted by Gasteiger charge is 2.35. The molecule has 2 aromatic rings. The number of nitro groups is 1. The largest absolute Gasteiger partial charge is 0.339 e.